The second-order valence-corrected chi connectivity index (χ2v) is 6.46. The molecule has 2 rings (SSSR count). The van der Waals surface area contributed by atoms with Crippen molar-refractivity contribution in [2.45, 2.75) is 51.5 Å². The summed E-state index contributed by atoms with van der Waals surface area (Å²) in [7, 11) is 2.21. The van der Waals surface area contributed by atoms with E-state index in [9.17, 15) is 5.26 Å². The molecule has 2 fully saturated rings. The summed E-state index contributed by atoms with van der Waals surface area (Å²) in [5.74, 6) is 1.14. The second-order valence-electron chi connectivity index (χ2n) is 6.46. The lowest BCUT2D eigenvalue weighted by Gasteiger charge is -2.40. The van der Waals surface area contributed by atoms with Gasteiger partial charge in [-0.05, 0) is 51.7 Å². The summed E-state index contributed by atoms with van der Waals surface area (Å²) >= 11 is 0. The molecule has 0 bridgehead atoms. The highest BCUT2D eigenvalue weighted by atomic mass is 15.2. The smallest absolute Gasteiger partial charge is 0.0672 e. The minimum atomic E-state index is 0.275. The Morgan fingerprint density at radius 1 is 1.16 bits per heavy atom. The fraction of sp³-hybridized carbons (Fsp3) is 0.938. The van der Waals surface area contributed by atoms with Crippen LogP contribution in [0, 0.1) is 23.2 Å². The third kappa shape index (κ3) is 3.94. The van der Waals surface area contributed by atoms with Crippen LogP contribution in [-0.4, -0.2) is 49.1 Å². The third-order valence-corrected chi connectivity index (χ3v) is 5.01. The highest BCUT2D eigenvalue weighted by Gasteiger charge is 2.34. The van der Waals surface area contributed by atoms with Crippen molar-refractivity contribution in [1.29, 1.82) is 5.26 Å². The molecule has 3 heteroatoms. The van der Waals surface area contributed by atoms with Gasteiger partial charge in [0.25, 0.3) is 0 Å². The first-order valence-electron chi connectivity index (χ1n) is 8.06. The van der Waals surface area contributed by atoms with Gasteiger partial charge in [-0.25, -0.2) is 0 Å². The largest absolute Gasteiger partial charge is 0.305 e. The Balaban J connectivity index is 1.98. The molecule has 108 valence electrons. The maximum absolute atomic E-state index is 9.44. The maximum Gasteiger partial charge on any atom is 0.0672 e. The van der Waals surface area contributed by atoms with Crippen molar-refractivity contribution >= 4 is 0 Å². The second kappa shape index (κ2) is 7.26. The third-order valence-electron chi connectivity index (χ3n) is 5.01. The van der Waals surface area contributed by atoms with E-state index in [1.165, 1.54) is 45.2 Å². The standard InChI is InChI=1S/C16H29N3/c1-3-5-14-6-7-15(13-17)16(12-14)19-9-4-8-18(2)10-11-19/h14-16H,3-12H2,1-2H3. The zero-order valence-corrected chi connectivity index (χ0v) is 12.6. The molecule has 0 aromatic rings. The number of hydrogen-bond donors (Lipinski definition) is 0. The van der Waals surface area contributed by atoms with Crippen LogP contribution in [0.15, 0.2) is 0 Å². The lowest BCUT2D eigenvalue weighted by Crippen LogP contribution is -2.45. The van der Waals surface area contributed by atoms with Crippen LogP contribution >= 0.6 is 0 Å². The number of nitrogens with zero attached hydrogens (tertiary/aromatic N) is 3. The van der Waals surface area contributed by atoms with Gasteiger partial charge in [0, 0.05) is 19.1 Å². The highest BCUT2D eigenvalue weighted by molar-refractivity contribution is 4.98. The molecule has 1 heterocycles. The first kappa shape index (κ1) is 14.8. The lowest BCUT2D eigenvalue weighted by atomic mass is 9.76. The predicted octanol–water partition coefficient (Wildman–Crippen LogP) is 2.73. The van der Waals surface area contributed by atoms with E-state index in [0.29, 0.717) is 6.04 Å². The average Bonchev–Trinajstić information content (AvgIpc) is 2.64. The SMILES string of the molecule is CCCC1CCC(C#N)C(N2CCCN(C)CC2)C1. The van der Waals surface area contributed by atoms with Crippen molar-refractivity contribution in [3.63, 3.8) is 0 Å². The minimum Gasteiger partial charge on any atom is -0.305 e. The highest BCUT2D eigenvalue weighted by Crippen LogP contribution is 2.34. The van der Waals surface area contributed by atoms with Crippen molar-refractivity contribution in [2.75, 3.05) is 33.2 Å². The van der Waals surface area contributed by atoms with Gasteiger partial charge in [-0.15, -0.1) is 0 Å². The van der Waals surface area contributed by atoms with E-state index in [2.05, 4.69) is 29.8 Å². The average molecular weight is 263 g/mol. The number of rotatable bonds is 3. The van der Waals surface area contributed by atoms with E-state index in [4.69, 9.17) is 0 Å². The van der Waals surface area contributed by atoms with Crippen LogP contribution in [0.4, 0.5) is 0 Å². The molecule has 0 radical (unpaired) electrons. The van der Waals surface area contributed by atoms with Gasteiger partial charge >= 0.3 is 0 Å². The molecule has 1 saturated carbocycles. The van der Waals surface area contributed by atoms with Crippen LogP contribution in [-0.2, 0) is 0 Å². The van der Waals surface area contributed by atoms with Gasteiger partial charge in [-0.2, -0.15) is 5.26 Å². The van der Waals surface area contributed by atoms with E-state index in [-0.39, 0.29) is 5.92 Å². The maximum atomic E-state index is 9.44. The molecule has 0 amide bonds. The van der Waals surface area contributed by atoms with Crippen LogP contribution in [0.2, 0.25) is 0 Å². The van der Waals surface area contributed by atoms with Gasteiger partial charge in [0.15, 0.2) is 0 Å². The van der Waals surface area contributed by atoms with Crippen molar-refractivity contribution in [1.82, 2.24) is 9.80 Å². The zero-order chi connectivity index (χ0) is 13.7. The van der Waals surface area contributed by atoms with Crippen LogP contribution < -0.4 is 0 Å². The molecule has 19 heavy (non-hydrogen) atoms. The molecule has 3 unspecified atom stereocenters. The van der Waals surface area contributed by atoms with E-state index in [1.54, 1.807) is 0 Å². The summed E-state index contributed by atoms with van der Waals surface area (Å²) in [4.78, 5) is 5.05. The molecular formula is C16H29N3. The monoisotopic (exact) mass is 263 g/mol. The quantitative estimate of drug-likeness (QED) is 0.784. The summed E-state index contributed by atoms with van der Waals surface area (Å²) in [6.45, 7) is 6.99. The van der Waals surface area contributed by atoms with E-state index >= 15 is 0 Å². The molecule has 3 atom stereocenters. The molecular weight excluding hydrogens is 234 g/mol. The Morgan fingerprint density at radius 2 is 2.00 bits per heavy atom. The Labute approximate surface area is 118 Å². The number of likely N-dealkylation sites (N-methyl/N-ethyl adjacent to an activating group) is 1. The molecule has 3 nitrogen and oxygen atoms in total. The first-order valence-corrected chi connectivity index (χ1v) is 8.06. The van der Waals surface area contributed by atoms with Gasteiger partial charge in [-0.1, -0.05) is 19.8 Å². The molecule has 0 spiro atoms. The summed E-state index contributed by atoms with van der Waals surface area (Å²) in [6.07, 6.45) is 7.55. The van der Waals surface area contributed by atoms with Crippen molar-refractivity contribution in [3.05, 3.63) is 0 Å². The van der Waals surface area contributed by atoms with Crippen molar-refractivity contribution in [2.24, 2.45) is 11.8 Å². The first-order chi connectivity index (χ1) is 9.24. The van der Waals surface area contributed by atoms with Crippen LogP contribution in [0.5, 0.6) is 0 Å². The molecule has 0 aromatic carbocycles. The van der Waals surface area contributed by atoms with Crippen LogP contribution in [0.1, 0.15) is 45.4 Å². The summed E-state index contributed by atoms with van der Waals surface area (Å²) in [5.41, 5.74) is 0. The molecule has 1 aliphatic carbocycles. The Bertz CT molecular complexity index is 310. The molecule has 2 aliphatic rings. The van der Waals surface area contributed by atoms with Gasteiger partial charge in [0.05, 0.1) is 12.0 Å². The van der Waals surface area contributed by atoms with Gasteiger partial charge in [-0.3, -0.25) is 4.90 Å². The molecule has 0 aromatic heterocycles. The van der Waals surface area contributed by atoms with Crippen molar-refractivity contribution < 1.29 is 0 Å². The fourth-order valence-corrected chi connectivity index (χ4v) is 3.85. The predicted molar refractivity (Wildman–Crippen MR) is 78.8 cm³/mol. The summed E-state index contributed by atoms with van der Waals surface area (Å²) in [6, 6.07) is 3.12. The Morgan fingerprint density at radius 3 is 2.74 bits per heavy atom. The number of nitriles is 1. The Hall–Kier alpha value is -0.590. The zero-order valence-electron chi connectivity index (χ0n) is 12.6. The summed E-state index contributed by atoms with van der Waals surface area (Å²) < 4.78 is 0. The fourth-order valence-electron chi connectivity index (χ4n) is 3.85. The van der Waals surface area contributed by atoms with E-state index in [1.807, 2.05) is 0 Å². The number of hydrogen-bond acceptors (Lipinski definition) is 3. The topological polar surface area (TPSA) is 30.3 Å². The minimum absolute atomic E-state index is 0.275. The van der Waals surface area contributed by atoms with Gasteiger partial charge < -0.3 is 4.90 Å². The lowest BCUT2D eigenvalue weighted by molar-refractivity contribution is 0.101. The van der Waals surface area contributed by atoms with E-state index < -0.39 is 0 Å². The van der Waals surface area contributed by atoms with Crippen molar-refractivity contribution in [3.8, 4) is 6.07 Å². The normalized spacial score (nSPS) is 34.7. The molecule has 1 aliphatic heterocycles. The summed E-state index contributed by atoms with van der Waals surface area (Å²) in [5, 5.41) is 9.44. The van der Waals surface area contributed by atoms with Crippen LogP contribution in [0.25, 0.3) is 0 Å². The van der Waals surface area contributed by atoms with Gasteiger partial charge in [0.1, 0.15) is 0 Å². The van der Waals surface area contributed by atoms with E-state index in [0.717, 1.165) is 25.4 Å². The Kier molecular flexibility index (Phi) is 5.66. The van der Waals surface area contributed by atoms with Crippen LogP contribution in [0.3, 0.4) is 0 Å². The molecule has 0 N–H and O–H groups in total. The van der Waals surface area contributed by atoms with Gasteiger partial charge in [0.2, 0.25) is 0 Å². The molecule has 1 saturated heterocycles.